The number of ether oxygens (including phenoxy) is 1. The average molecular weight is 380 g/mol. The Morgan fingerprint density at radius 3 is 2.89 bits per heavy atom. The summed E-state index contributed by atoms with van der Waals surface area (Å²) in [6.45, 7) is 0.222. The van der Waals surface area contributed by atoms with Gasteiger partial charge in [0.1, 0.15) is 12.4 Å². The maximum Gasteiger partial charge on any atom is 0.291 e. The van der Waals surface area contributed by atoms with E-state index in [0.717, 1.165) is 4.90 Å². The van der Waals surface area contributed by atoms with Gasteiger partial charge in [-0.2, -0.15) is 0 Å². The molecule has 136 valence electrons. The third-order valence-electron chi connectivity index (χ3n) is 3.96. The molecule has 1 aromatic heterocycles. The van der Waals surface area contributed by atoms with Crippen molar-refractivity contribution in [3.8, 4) is 5.75 Å². The molecule has 2 aromatic carbocycles. The van der Waals surface area contributed by atoms with Gasteiger partial charge in [-0.3, -0.25) is 9.59 Å². The Balaban J connectivity index is 1.45. The number of amides is 2. The highest BCUT2D eigenvalue weighted by Crippen LogP contribution is 2.33. The number of rotatable bonds is 5. The number of carbonyl (C=O) groups excluding carboxylic acids is 2. The molecule has 1 aliphatic heterocycles. The molecule has 0 saturated heterocycles. The first kappa shape index (κ1) is 17.2. The van der Waals surface area contributed by atoms with E-state index in [-0.39, 0.29) is 24.2 Å². The number of nitrogens with one attached hydrogen (secondary N) is 2. The summed E-state index contributed by atoms with van der Waals surface area (Å²) in [5.41, 5.74) is 1.92. The zero-order chi connectivity index (χ0) is 18.6. The van der Waals surface area contributed by atoms with Gasteiger partial charge in [-0.1, -0.05) is 18.2 Å². The molecule has 0 radical (unpaired) electrons. The highest BCUT2D eigenvalue weighted by atomic mass is 32.2. The second-order valence-electron chi connectivity index (χ2n) is 5.88. The lowest BCUT2D eigenvalue weighted by molar-refractivity contribution is -0.113. The molecular weight excluding hydrogens is 364 g/mol. The van der Waals surface area contributed by atoms with Crippen molar-refractivity contribution in [1.82, 2.24) is 0 Å². The summed E-state index contributed by atoms with van der Waals surface area (Å²) in [6.07, 6.45) is 1.46. The van der Waals surface area contributed by atoms with Crippen molar-refractivity contribution in [2.75, 3.05) is 16.4 Å². The van der Waals surface area contributed by atoms with Gasteiger partial charge < -0.3 is 19.8 Å². The fourth-order valence-electron chi connectivity index (χ4n) is 2.68. The number of thioether (sulfide) groups is 1. The number of anilines is 2. The summed E-state index contributed by atoms with van der Waals surface area (Å²) in [7, 11) is 0. The van der Waals surface area contributed by atoms with Gasteiger partial charge in [0.25, 0.3) is 5.91 Å². The molecule has 0 spiro atoms. The molecule has 0 fully saturated rings. The fourth-order valence-corrected chi connectivity index (χ4v) is 3.46. The topological polar surface area (TPSA) is 80.6 Å². The van der Waals surface area contributed by atoms with E-state index in [4.69, 9.17) is 9.15 Å². The van der Waals surface area contributed by atoms with Crippen LogP contribution in [0.3, 0.4) is 0 Å². The average Bonchev–Trinajstić information content (AvgIpc) is 3.15. The van der Waals surface area contributed by atoms with Crippen LogP contribution in [0.15, 0.2) is 70.2 Å². The Kier molecular flexibility index (Phi) is 4.84. The van der Waals surface area contributed by atoms with E-state index in [1.54, 1.807) is 18.2 Å². The van der Waals surface area contributed by atoms with Gasteiger partial charge in [0.05, 0.1) is 17.7 Å². The van der Waals surface area contributed by atoms with Gasteiger partial charge in [-0.15, -0.1) is 11.8 Å². The number of para-hydroxylation sites is 1. The molecule has 2 amide bonds. The van der Waals surface area contributed by atoms with Crippen molar-refractivity contribution in [3.63, 3.8) is 0 Å². The van der Waals surface area contributed by atoms with Crippen LogP contribution < -0.4 is 15.4 Å². The number of hydrogen-bond acceptors (Lipinski definition) is 5. The Morgan fingerprint density at radius 2 is 2.04 bits per heavy atom. The molecule has 1 aliphatic rings. The Morgan fingerprint density at radius 1 is 1.19 bits per heavy atom. The molecule has 0 unspecified atom stereocenters. The molecule has 3 aromatic rings. The first-order valence-corrected chi connectivity index (χ1v) is 9.30. The SMILES string of the molecule is O=C1CSc2ccc(NC(=O)c3occc3COc3ccccc3)cc2N1. The minimum atomic E-state index is -0.374. The Bertz CT molecular complexity index is 985. The third-order valence-corrected chi connectivity index (χ3v) is 5.03. The fraction of sp³-hybridized carbons (Fsp3) is 0.100. The highest BCUT2D eigenvalue weighted by Gasteiger charge is 2.19. The van der Waals surface area contributed by atoms with Crippen molar-refractivity contribution in [2.45, 2.75) is 11.5 Å². The van der Waals surface area contributed by atoms with Gasteiger partial charge >= 0.3 is 0 Å². The van der Waals surface area contributed by atoms with E-state index in [1.165, 1.54) is 18.0 Å². The summed E-state index contributed by atoms with van der Waals surface area (Å²) in [5.74, 6) is 0.884. The lowest BCUT2D eigenvalue weighted by Crippen LogP contribution is -2.19. The van der Waals surface area contributed by atoms with Crippen molar-refractivity contribution < 1.29 is 18.7 Å². The van der Waals surface area contributed by atoms with Crippen LogP contribution in [0.1, 0.15) is 16.1 Å². The molecule has 0 aliphatic carbocycles. The Hall–Kier alpha value is -3.19. The van der Waals surface area contributed by atoms with Crippen LogP contribution in [0, 0.1) is 0 Å². The predicted octanol–water partition coefficient (Wildman–Crippen LogP) is 4.16. The highest BCUT2D eigenvalue weighted by molar-refractivity contribution is 8.00. The van der Waals surface area contributed by atoms with E-state index >= 15 is 0 Å². The molecule has 7 heteroatoms. The minimum absolute atomic E-state index is 0.0534. The summed E-state index contributed by atoms with van der Waals surface area (Å²) in [5, 5.41) is 5.60. The number of hydrogen-bond donors (Lipinski definition) is 2. The van der Waals surface area contributed by atoms with Gasteiger partial charge in [-0.05, 0) is 36.4 Å². The first-order valence-electron chi connectivity index (χ1n) is 8.31. The Labute approximate surface area is 159 Å². The molecular formula is C20H16N2O4S. The zero-order valence-electron chi connectivity index (χ0n) is 14.2. The van der Waals surface area contributed by atoms with E-state index < -0.39 is 0 Å². The summed E-state index contributed by atoms with van der Waals surface area (Å²) in [6, 6.07) is 16.5. The molecule has 2 heterocycles. The normalized spacial score (nSPS) is 12.8. The van der Waals surface area contributed by atoms with Crippen LogP contribution in [0.4, 0.5) is 11.4 Å². The number of carbonyl (C=O) groups is 2. The summed E-state index contributed by atoms with van der Waals surface area (Å²) < 4.78 is 11.0. The van der Waals surface area contributed by atoms with Crippen LogP contribution in [-0.4, -0.2) is 17.6 Å². The van der Waals surface area contributed by atoms with Crippen LogP contribution in [0.5, 0.6) is 5.75 Å². The molecule has 0 saturated carbocycles. The first-order chi connectivity index (χ1) is 13.2. The van der Waals surface area contributed by atoms with Crippen LogP contribution >= 0.6 is 11.8 Å². The molecule has 0 bridgehead atoms. The zero-order valence-corrected chi connectivity index (χ0v) is 15.0. The van der Waals surface area contributed by atoms with Crippen LogP contribution in [0.2, 0.25) is 0 Å². The van der Waals surface area contributed by atoms with E-state index in [2.05, 4.69) is 10.6 Å². The number of furan rings is 1. The van der Waals surface area contributed by atoms with Crippen molar-refractivity contribution in [3.05, 3.63) is 72.2 Å². The van der Waals surface area contributed by atoms with Crippen molar-refractivity contribution >= 4 is 35.0 Å². The number of benzene rings is 2. The van der Waals surface area contributed by atoms with Gasteiger partial charge in [-0.25, -0.2) is 0 Å². The van der Waals surface area contributed by atoms with Gasteiger partial charge in [0, 0.05) is 16.1 Å². The quantitative estimate of drug-likeness (QED) is 0.695. The molecule has 27 heavy (non-hydrogen) atoms. The van der Waals surface area contributed by atoms with Gasteiger partial charge in [0.15, 0.2) is 5.76 Å². The lowest BCUT2D eigenvalue weighted by Gasteiger charge is -2.17. The second kappa shape index (κ2) is 7.59. The third kappa shape index (κ3) is 3.98. The van der Waals surface area contributed by atoms with Crippen molar-refractivity contribution in [2.24, 2.45) is 0 Å². The molecule has 2 N–H and O–H groups in total. The summed E-state index contributed by atoms with van der Waals surface area (Å²) >= 11 is 1.47. The predicted molar refractivity (Wildman–Crippen MR) is 103 cm³/mol. The minimum Gasteiger partial charge on any atom is -0.489 e. The van der Waals surface area contributed by atoms with Gasteiger partial charge in [0.2, 0.25) is 5.91 Å². The monoisotopic (exact) mass is 380 g/mol. The maximum atomic E-state index is 12.6. The van der Waals surface area contributed by atoms with Crippen molar-refractivity contribution in [1.29, 1.82) is 0 Å². The standard InChI is InChI=1S/C20H16N2O4S/c23-18-12-27-17-7-6-14(10-16(17)22-18)21-20(24)19-13(8-9-25-19)11-26-15-4-2-1-3-5-15/h1-10H,11-12H2,(H,21,24)(H,22,23). The summed E-state index contributed by atoms with van der Waals surface area (Å²) in [4.78, 5) is 25.1. The number of fused-ring (bicyclic) bond motifs is 1. The molecule has 4 rings (SSSR count). The second-order valence-corrected chi connectivity index (χ2v) is 6.90. The van der Waals surface area contributed by atoms with Crippen LogP contribution in [-0.2, 0) is 11.4 Å². The molecule has 6 nitrogen and oxygen atoms in total. The maximum absolute atomic E-state index is 12.6. The lowest BCUT2D eigenvalue weighted by atomic mass is 10.2. The van der Waals surface area contributed by atoms with E-state index in [0.29, 0.717) is 28.4 Å². The van der Waals surface area contributed by atoms with Crippen LogP contribution in [0.25, 0.3) is 0 Å². The molecule has 0 atom stereocenters. The van der Waals surface area contributed by atoms with E-state index in [1.807, 2.05) is 36.4 Å². The largest absolute Gasteiger partial charge is 0.489 e. The smallest absolute Gasteiger partial charge is 0.291 e. The van der Waals surface area contributed by atoms with E-state index in [9.17, 15) is 9.59 Å².